The van der Waals surface area contributed by atoms with Crippen LogP contribution in [0.5, 0.6) is 0 Å². The predicted octanol–water partition coefficient (Wildman–Crippen LogP) is 3.57. The molecule has 0 aliphatic carbocycles. The Labute approximate surface area is 162 Å². The molecule has 0 spiro atoms. The second-order valence-electron chi connectivity index (χ2n) is 9.18. The Kier molecular flexibility index (Phi) is 5.43. The van der Waals surface area contributed by atoms with Crippen LogP contribution >= 0.6 is 0 Å². The summed E-state index contributed by atoms with van der Waals surface area (Å²) < 4.78 is 1.97. The van der Waals surface area contributed by atoms with E-state index < -0.39 is 0 Å². The largest absolute Gasteiger partial charge is 0.342 e. The maximum Gasteiger partial charge on any atom is 0.221 e. The summed E-state index contributed by atoms with van der Waals surface area (Å²) in [6, 6.07) is 9.82. The highest BCUT2D eigenvalue weighted by atomic mass is 16.1. The number of aryl methyl sites for hydroxylation is 1. The molecule has 146 valence electrons. The second-order valence-corrected chi connectivity index (χ2v) is 9.18. The van der Waals surface area contributed by atoms with Crippen molar-refractivity contribution >= 4 is 5.91 Å². The van der Waals surface area contributed by atoms with E-state index in [4.69, 9.17) is 0 Å². The number of rotatable bonds is 5. The molecule has 1 unspecified atom stereocenters. The van der Waals surface area contributed by atoms with Gasteiger partial charge < -0.3 is 15.2 Å². The van der Waals surface area contributed by atoms with Gasteiger partial charge in [-0.3, -0.25) is 4.79 Å². The molecule has 2 heterocycles. The fourth-order valence-electron chi connectivity index (χ4n) is 4.76. The maximum absolute atomic E-state index is 13.0. The van der Waals surface area contributed by atoms with Gasteiger partial charge in [0.15, 0.2) is 0 Å². The van der Waals surface area contributed by atoms with Gasteiger partial charge in [-0.15, -0.1) is 0 Å². The summed E-state index contributed by atoms with van der Waals surface area (Å²) in [5.41, 5.74) is 1.14. The van der Waals surface area contributed by atoms with Crippen molar-refractivity contribution in [3.05, 3.63) is 54.1 Å². The average molecular weight is 369 g/mol. The number of carbonyl (C=O) groups excluding carboxylic acids is 1. The zero-order valence-electron chi connectivity index (χ0n) is 17.1. The lowest BCUT2D eigenvalue weighted by atomic mass is 9.74. The first-order valence-electron chi connectivity index (χ1n) is 9.76. The summed E-state index contributed by atoms with van der Waals surface area (Å²) in [6.07, 6.45) is 6.23. The zero-order chi connectivity index (χ0) is 19.7. The van der Waals surface area contributed by atoms with Gasteiger partial charge in [0.05, 0.1) is 0 Å². The summed E-state index contributed by atoms with van der Waals surface area (Å²) >= 11 is 0. The normalized spacial score (nSPS) is 20.2. The van der Waals surface area contributed by atoms with Crippen LogP contribution in [-0.4, -0.2) is 26.5 Å². The SMILES string of the molecule is Cn1ccnc1C(NC(=O)CC1CC(C)(C)NC(C)(C)C1)c1ccccc1. The van der Waals surface area contributed by atoms with E-state index in [1.165, 1.54) is 0 Å². The van der Waals surface area contributed by atoms with E-state index >= 15 is 0 Å². The van der Waals surface area contributed by atoms with Crippen LogP contribution < -0.4 is 10.6 Å². The van der Waals surface area contributed by atoms with Crippen LogP contribution in [0, 0.1) is 5.92 Å². The van der Waals surface area contributed by atoms with Crippen LogP contribution in [0.25, 0.3) is 0 Å². The summed E-state index contributed by atoms with van der Waals surface area (Å²) in [5, 5.41) is 6.92. The number of hydrogen-bond acceptors (Lipinski definition) is 3. The van der Waals surface area contributed by atoms with Crippen molar-refractivity contribution in [2.45, 2.75) is 64.1 Å². The molecule has 1 amide bonds. The molecule has 1 aromatic carbocycles. The Balaban J connectivity index is 1.75. The van der Waals surface area contributed by atoms with E-state index in [9.17, 15) is 4.79 Å². The molecule has 0 saturated carbocycles. The first-order valence-corrected chi connectivity index (χ1v) is 9.76. The highest BCUT2D eigenvalue weighted by Crippen LogP contribution is 2.34. The molecule has 5 heteroatoms. The van der Waals surface area contributed by atoms with Gasteiger partial charge in [-0.25, -0.2) is 4.98 Å². The van der Waals surface area contributed by atoms with E-state index in [0.29, 0.717) is 12.3 Å². The fraction of sp³-hybridized carbons (Fsp3) is 0.545. The van der Waals surface area contributed by atoms with Crippen LogP contribution in [0.2, 0.25) is 0 Å². The minimum Gasteiger partial charge on any atom is -0.342 e. The summed E-state index contributed by atoms with van der Waals surface area (Å²) in [6.45, 7) is 8.89. The summed E-state index contributed by atoms with van der Waals surface area (Å²) in [7, 11) is 1.96. The Morgan fingerprint density at radius 3 is 2.41 bits per heavy atom. The Morgan fingerprint density at radius 1 is 1.22 bits per heavy atom. The fourth-order valence-corrected chi connectivity index (χ4v) is 4.76. The van der Waals surface area contributed by atoms with E-state index in [-0.39, 0.29) is 23.0 Å². The molecule has 1 aliphatic heterocycles. The molecule has 3 rings (SSSR count). The van der Waals surface area contributed by atoms with E-state index in [2.05, 4.69) is 43.3 Å². The molecule has 1 aliphatic rings. The maximum atomic E-state index is 13.0. The van der Waals surface area contributed by atoms with Crippen molar-refractivity contribution in [1.29, 1.82) is 0 Å². The number of amides is 1. The van der Waals surface area contributed by atoms with E-state index in [0.717, 1.165) is 24.2 Å². The van der Waals surface area contributed by atoms with Gasteiger partial charge in [0.2, 0.25) is 5.91 Å². The molecule has 27 heavy (non-hydrogen) atoms. The number of nitrogens with zero attached hydrogens (tertiary/aromatic N) is 2. The van der Waals surface area contributed by atoms with Crippen LogP contribution in [-0.2, 0) is 11.8 Å². The molecular formula is C22H32N4O. The van der Waals surface area contributed by atoms with Crippen molar-refractivity contribution in [3.63, 3.8) is 0 Å². The average Bonchev–Trinajstić information content (AvgIpc) is 2.96. The number of nitrogens with one attached hydrogen (secondary N) is 2. The standard InChI is InChI=1S/C22H32N4O/c1-21(2)14-16(15-22(3,4)25-21)13-18(27)24-19(17-9-7-6-8-10-17)20-23-11-12-26(20)5/h6-12,16,19,25H,13-15H2,1-5H3,(H,24,27). The molecule has 1 aromatic heterocycles. The molecule has 0 radical (unpaired) electrons. The van der Waals surface area contributed by atoms with Crippen molar-refractivity contribution in [3.8, 4) is 0 Å². The third-order valence-electron chi connectivity index (χ3n) is 5.30. The lowest BCUT2D eigenvalue weighted by molar-refractivity contribution is -0.123. The van der Waals surface area contributed by atoms with Crippen LogP contribution in [0.4, 0.5) is 0 Å². The Hall–Kier alpha value is -2.14. The zero-order valence-corrected chi connectivity index (χ0v) is 17.1. The van der Waals surface area contributed by atoms with Gasteiger partial charge in [0.25, 0.3) is 0 Å². The van der Waals surface area contributed by atoms with Crippen LogP contribution in [0.3, 0.4) is 0 Å². The topological polar surface area (TPSA) is 59.0 Å². The Morgan fingerprint density at radius 2 is 1.85 bits per heavy atom. The molecule has 0 bridgehead atoms. The molecular weight excluding hydrogens is 336 g/mol. The lowest BCUT2D eigenvalue weighted by Gasteiger charge is -2.46. The highest BCUT2D eigenvalue weighted by molar-refractivity contribution is 5.77. The van der Waals surface area contributed by atoms with Gasteiger partial charge >= 0.3 is 0 Å². The number of carbonyl (C=O) groups is 1. The third-order valence-corrected chi connectivity index (χ3v) is 5.30. The minimum atomic E-state index is -0.235. The smallest absolute Gasteiger partial charge is 0.221 e. The predicted molar refractivity (Wildman–Crippen MR) is 108 cm³/mol. The second kappa shape index (κ2) is 7.47. The summed E-state index contributed by atoms with van der Waals surface area (Å²) in [5.74, 6) is 1.31. The van der Waals surface area contributed by atoms with Gasteiger partial charge in [-0.2, -0.15) is 0 Å². The molecule has 1 saturated heterocycles. The number of hydrogen-bond donors (Lipinski definition) is 2. The number of imidazole rings is 1. The van der Waals surface area contributed by atoms with Gasteiger partial charge in [-0.1, -0.05) is 30.3 Å². The monoisotopic (exact) mass is 368 g/mol. The highest BCUT2D eigenvalue weighted by Gasteiger charge is 2.38. The van der Waals surface area contributed by atoms with Crippen molar-refractivity contribution in [1.82, 2.24) is 20.2 Å². The van der Waals surface area contributed by atoms with Gasteiger partial charge in [0.1, 0.15) is 11.9 Å². The molecule has 1 fully saturated rings. The first kappa shape index (κ1) is 19.6. The molecule has 2 aromatic rings. The number of aromatic nitrogens is 2. The number of piperidine rings is 1. The van der Waals surface area contributed by atoms with Gasteiger partial charge in [-0.05, 0) is 52.0 Å². The minimum absolute atomic E-state index is 0.0468. The summed E-state index contributed by atoms with van der Waals surface area (Å²) in [4.78, 5) is 17.4. The van der Waals surface area contributed by atoms with Crippen LogP contribution in [0.15, 0.2) is 42.7 Å². The first-order chi connectivity index (χ1) is 12.7. The molecule has 1 atom stereocenters. The van der Waals surface area contributed by atoms with Crippen molar-refractivity contribution in [2.24, 2.45) is 13.0 Å². The molecule has 2 N–H and O–H groups in total. The van der Waals surface area contributed by atoms with E-state index in [1.807, 2.05) is 48.1 Å². The quantitative estimate of drug-likeness (QED) is 0.848. The Bertz CT molecular complexity index is 763. The third kappa shape index (κ3) is 4.98. The van der Waals surface area contributed by atoms with Gasteiger partial charge in [0, 0.05) is 36.9 Å². The van der Waals surface area contributed by atoms with Crippen molar-refractivity contribution in [2.75, 3.05) is 0 Å². The van der Waals surface area contributed by atoms with Crippen LogP contribution in [0.1, 0.15) is 64.4 Å². The lowest BCUT2D eigenvalue weighted by Crippen LogP contribution is -2.58. The molecule has 5 nitrogen and oxygen atoms in total. The van der Waals surface area contributed by atoms with E-state index in [1.54, 1.807) is 6.20 Å². The number of benzene rings is 1. The van der Waals surface area contributed by atoms with Crippen molar-refractivity contribution < 1.29 is 4.79 Å².